The average Bonchev–Trinajstić information content (AvgIpc) is 2.33. The van der Waals surface area contributed by atoms with Crippen molar-refractivity contribution in [2.24, 2.45) is 0 Å². The molecule has 0 amide bonds. The minimum absolute atomic E-state index is 0.624. The van der Waals surface area contributed by atoms with Gasteiger partial charge in [-0.05, 0) is 23.8 Å². The molecule has 2 aromatic carbocycles. The van der Waals surface area contributed by atoms with Crippen LogP contribution in [0.4, 0.5) is 11.4 Å². The largest absolute Gasteiger partial charge is 0.397 e. The Bertz CT molecular complexity index is 548. The molecular formula is C15H15ClN2. The topological polar surface area (TPSA) is 29.3 Å². The number of benzene rings is 2. The molecule has 0 aliphatic carbocycles. The van der Waals surface area contributed by atoms with Crippen LogP contribution >= 0.6 is 11.6 Å². The first-order valence-electron chi connectivity index (χ1n) is 6.09. The second-order valence-corrected chi connectivity index (χ2v) is 5.13. The lowest BCUT2D eigenvalue weighted by molar-refractivity contribution is 0.525. The minimum Gasteiger partial charge on any atom is -0.397 e. The molecule has 2 nitrogen and oxygen atoms in total. The predicted octanol–water partition coefficient (Wildman–Crippen LogP) is 3.53. The highest BCUT2D eigenvalue weighted by molar-refractivity contribution is 6.33. The summed E-state index contributed by atoms with van der Waals surface area (Å²) in [5, 5.41) is 0.624. The van der Waals surface area contributed by atoms with E-state index < -0.39 is 0 Å². The molecule has 2 aromatic rings. The maximum atomic E-state index is 5.93. The van der Waals surface area contributed by atoms with Gasteiger partial charge in [-0.15, -0.1) is 0 Å². The van der Waals surface area contributed by atoms with Gasteiger partial charge in [0.2, 0.25) is 0 Å². The number of hydrogen-bond donors (Lipinski definition) is 1. The molecule has 0 spiro atoms. The van der Waals surface area contributed by atoms with Crippen molar-refractivity contribution >= 4 is 23.0 Å². The molecule has 18 heavy (non-hydrogen) atoms. The molecule has 1 aliphatic rings. The molecule has 3 heteroatoms. The summed E-state index contributed by atoms with van der Waals surface area (Å²) in [6.07, 6.45) is 0. The number of nitrogens with two attached hydrogens (primary N) is 1. The Balaban J connectivity index is 1.70. The molecule has 1 heterocycles. The summed E-state index contributed by atoms with van der Waals surface area (Å²) >= 11 is 5.93. The van der Waals surface area contributed by atoms with E-state index in [0.717, 1.165) is 18.8 Å². The maximum Gasteiger partial charge on any atom is 0.0636 e. The van der Waals surface area contributed by atoms with Crippen molar-refractivity contribution in [3.05, 3.63) is 59.1 Å². The van der Waals surface area contributed by atoms with Crippen LogP contribution < -0.4 is 10.6 Å². The molecule has 1 saturated heterocycles. The third-order valence-corrected chi connectivity index (χ3v) is 3.84. The molecule has 0 aromatic heterocycles. The molecule has 0 radical (unpaired) electrons. The molecule has 2 N–H and O–H groups in total. The molecule has 0 atom stereocenters. The fourth-order valence-corrected chi connectivity index (χ4v) is 2.47. The van der Waals surface area contributed by atoms with Crippen molar-refractivity contribution in [3.8, 4) is 0 Å². The highest BCUT2D eigenvalue weighted by Gasteiger charge is 2.28. The normalized spacial score (nSPS) is 15.5. The van der Waals surface area contributed by atoms with Crippen molar-refractivity contribution in [3.63, 3.8) is 0 Å². The molecule has 1 aliphatic heterocycles. The van der Waals surface area contributed by atoms with Crippen molar-refractivity contribution < 1.29 is 0 Å². The smallest absolute Gasteiger partial charge is 0.0636 e. The summed E-state index contributed by atoms with van der Waals surface area (Å²) in [6, 6.07) is 16.5. The summed E-state index contributed by atoms with van der Waals surface area (Å²) in [6.45, 7) is 2.09. The Hall–Kier alpha value is -1.67. The van der Waals surface area contributed by atoms with Crippen molar-refractivity contribution in [2.75, 3.05) is 23.7 Å². The van der Waals surface area contributed by atoms with Crippen molar-refractivity contribution in [2.45, 2.75) is 5.92 Å². The van der Waals surface area contributed by atoms with Crippen LogP contribution in [0.2, 0.25) is 5.02 Å². The average molecular weight is 259 g/mol. The van der Waals surface area contributed by atoms with E-state index in [1.165, 1.54) is 5.56 Å². The van der Waals surface area contributed by atoms with E-state index in [9.17, 15) is 0 Å². The number of nitrogens with zero attached hydrogens (tertiary/aromatic N) is 1. The maximum absolute atomic E-state index is 5.93. The fraction of sp³-hybridized carbons (Fsp3) is 0.200. The number of hydrogen-bond acceptors (Lipinski definition) is 2. The highest BCUT2D eigenvalue weighted by Crippen LogP contribution is 2.33. The Kier molecular flexibility index (Phi) is 2.88. The Morgan fingerprint density at radius 2 is 1.78 bits per heavy atom. The van der Waals surface area contributed by atoms with Gasteiger partial charge in [0.15, 0.2) is 0 Å². The lowest BCUT2D eigenvalue weighted by atomic mass is 9.91. The molecule has 1 fully saturated rings. The molecule has 92 valence electrons. The monoisotopic (exact) mass is 258 g/mol. The van der Waals surface area contributed by atoms with Crippen LogP contribution in [0.5, 0.6) is 0 Å². The highest BCUT2D eigenvalue weighted by atomic mass is 35.5. The SMILES string of the molecule is Nc1cc(N2CC(c3ccccc3)C2)ccc1Cl. The zero-order valence-electron chi connectivity index (χ0n) is 10.0. The summed E-state index contributed by atoms with van der Waals surface area (Å²) < 4.78 is 0. The fourth-order valence-electron chi connectivity index (χ4n) is 2.35. The number of halogens is 1. The molecule has 0 bridgehead atoms. The van der Waals surface area contributed by atoms with Gasteiger partial charge in [-0.2, -0.15) is 0 Å². The summed E-state index contributed by atoms with van der Waals surface area (Å²) in [5.41, 5.74) is 9.04. The van der Waals surface area contributed by atoms with E-state index in [-0.39, 0.29) is 0 Å². The standard InChI is InChI=1S/C15H15ClN2/c16-14-7-6-13(8-15(14)17)18-9-12(10-18)11-4-2-1-3-5-11/h1-8,12H,9-10,17H2. The summed E-state index contributed by atoms with van der Waals surface area (Å²) in [5.74, 6) is 0.628. The molecule has 0 saturated carbocycles. The zero-order valence-corrected chi connectivity index (χ0v) is 10.8. The Labute approximate surface area is 112 Å². The first kappa shape index (κ1) is 11.4. The van der Waals surface area contributed by atoms with E-state index in [1.54, 1.807) is 0 Å². The van der Waals surface area contributed by atoms with E-state index >= 15 is 0 Å². The van der Waals surface area contributed by atoms with E-state index in [1.807, 2.05) is 18.2 Å². The lowest BCUT2D eigenvalue weighted by Gasteiger charge is -2.41. The minimum atomic E-state index is 0.624. The van der Waals surface area contributed by atoms with Gasteiger partial charge in [0.25, 0.3) is 0 Å². The molecule has 3 rings (SSSR count). The number of anilines is 2. The van der Waals surface area contributed by atoms with Crippen molar-refractivity contribution in [1.82, 2.24) is 0 Å². The van der Waals surface area contributed by atoms with Crippen molar-refractivity contribution in [1.29, 1.82) is 0 Å². The zero-order chi connectivity index (χ0) is 12.5. The third kappa shape index (κ3) is 2.04. The third-order valence-electron chi connectivity index (χ3n) is 3.50. The van der Waals surface area contributed by atoms with Gasteiger partial charge in [0.1, 0.15) is 0 Å². The Morgan fingerprint density at radius 1 is 1.06 bits per heavy atom. The van der Waals surface area contributed by atoms with E-state index in [4.69, 9.17) is 17.3 Å². The predicted molar refractivity (Wildman–Crippen MR) is 77.3 cm³/mol. The van der Waals surface area contributed by atoms with Crippen LogP contribution in [-0.2, 0) is 0 Å². The van der Waals surface area contributed by atoms with E-state index in [2.05, 4.69) is 35.2 Å². The van der Waals surface area contributed by atoms with Crippen LogP contribution in [0.1, 0.15) is 11.5 Å². The first-order chi connectivity index (χ1) is 8.74. The van der Waals surface area contributed by atoms with Gasteiger partial charge >= 0.3 is 0 Å². The van der Waals surface area contributed by atoms with Gasteiger partial charge in [0, 0.05) is 24.7 Å². The summed E-state index contributed by atoms with van der Waals surface area (Å²) in [4.78, 5) is 2.32. The van der Waals surface area contributed by atoms with Crippen LogP contribution in [0.3, 0.4) is 0 Å². The lowest BCUT2D eigenvalue weighted by Crippen LogP contribution is -2.45. The van der Waals surface area contributed by atoms with Crippen LogP contribution in [0.15, 0.2) is 48.5 Å². The van der Waals surface area contributed by atoms with Gasteiger partial charge in [-0.3, -0.25) is 0 Å². The number of rotatable bonds is 2. The first-order valence-corrected chi connectivity index (χ1v) is 6.47. The quantitative estimate of drug-likeness (QED) is 0.835. The van der Waals surface area contributed by atoms with Gasteiger partial charge in [-0.25, -0.2) is 0 Å². The molecular weight excluding hydrogens is 244 g/mol. The summed E-state index contributed by atoms with van der Waals surface area (Å²) in [7, 11) is 0. The van der Waals surface area contributed by atoms with Crippen LogP contribution in [-0.4, -0.2) is 13.1 Å². The molecule has 0 unspecified atom stereocenters. The van der Waals surface area contributed by atoms with Gasteiger partial charge < -0.3 is 10.6 Å². The Morgan fingerprint density at radius 3 is 2.44 bits per heavy atom. The van der Waals surface area contributed by atoms with Gasteiger partial charge in [0.05, 0.1) is 10.7 Å². The number of nitrogen functional groups attached to an aromatic ring is 1. The van der Waals surface area contributed by atoms with Crippen LogP contribution in [0.25, 0.3) is 0 Å². The van der Waals surface area contributed by atoms with Gasteiger partial charge in [-0.1, -0.05) is 41.9 Å². The second kappa shape index (κ2) is 4.54. The van der Waals surface area contributed by atoms with E-state index in [0.29, 0.717) is 16.6 Å². The second-order valence-electron chi connectivity index (χ2n) is 4.72. The van der Waals surface area contributed by atoms with Crippen LogP contribution in [0, 0.1) is 0 Å².